The van der Waals surface area contributed by atoms with Crippen molar-refractivity contribution in [2.24, 2.45) is 5.92 Å². The van der Waals surface area contributed by atoms with Crippen molar-refractivity contribution in [3.05, 3.63) is 28.8 Å². The number of urea groups is 1. The van der Waals surface area contributed by atoms with Crippen molar-refractivity contribution in [3.8, 4) is 5.75 Å². The van der Waals surface area contributed by atoms with Crippen LogP contribution in [0.25, 0.3) is 0 Å². The van der Waals surface area contributed by atoms with Crippen LogP contribution >= 0.6 is 11.6 Å². The molecule has 0 unspecified atom stereocenters. The van der Waals surface area contributed by atoms with Crippen LogP contribution in [0.2, 0.25) is 5.02 Å². The fourth-order valence-electron chi connectivity index (χ4n) is 1.42. The molecule has 0 radical (unpaired) electrons. The summed E-state index contributed by atoms with van der Waals surface area (Å²) in [6, 6.07) is 4.59. The van der Waals surface area contributed by atoms with E-state index in [9.17, 15) is 9.59 Å². The zero-order chi connectivity index (χ0) is 15.1. The molecule has 0 spiro atoms. The SMILES string of the molecule is Cc1cc(Cl)ccc1OCC(=O)NC(=O)NCC(C)C. The number of hydrogen-bond acceptors (Lipinski definition) is 3. The lowest BCUT2D eigenvalue weighted by atomic mass is 10.2. The first kappa shape index (κ1) is 16.3. The molecule has 5 nitrogen and oxygen atoms in total. The molecule has 0 saturated heterocycles. The molecule has 1 aromatic rings. The molecule has 20 heavy (non-hydrogen) atoms. The van der Waals surface area contributed by atoms with E-state index in [4.69, 9.17) is 16.3 Å². The molecular weight excluding hydrogens is 280 g/mol. The number of benzene rings is 1. The molecule has 1 rings (SSSR count). The third-order valence-corrected chi connectivity index (χ3v) is 2.65. The van der Waals surface area contributed by atoms with E-state index in [0.29, 0.717) is 23.2 Å². The summed E-state index contributed by atoms with van der Waals surface area (Å²) in [5, 5.41) is 5.39. The van der Waals surface area contributed by atoms with E-state index in [2.05, 4.69) is 10.6 Å². The fourth-order valence-corrected chi connectivity index (χ4v) is 1.65. The van der Waals surface area contributed by atoms with Crippen molar-refractivity contribution in [2.75, 3.05) is 13.2 Å². The van der Waals surface area contributed by atoms with Gasteiger partial charge in [0.15, 0.2) is 6.61 Å². The van der Waals surface area contributed by atoms with E-state index in [-0.39, 0.29) is 6.61 Å². The average molecular weight is 299 g/mol. The number of halogens is 1. The Morgan fingerprint density at radius 1 is 1.35 bits per heavy atom. The number of aryl methyl sites for hydroxylation is 1. The summed E-state index contributed by atoms with van der Waals surface area (Å²) in [5.41, 5.74) is 0.828. The number of carbonyl (C=O) groups is 2. The van der Waals surface area contributed by atoms with Gasteiger partial charge < -0.3 is 10.1 Å². The van der Waals surface area contributed by atoms with Crippen LogP contribution in [-0.2, 0) is 4.79 Å². The molecule has 0 aliphatic heterocycles. The maximum Gasteiger partial charge on any atom is 0.321 e. The van der Waals surface area contributed by atoms with Crippen LogP contribution in [0.15, 0.2) is 18.2 Å². The maximum atomic E-state index is 11.5. The lowest BCUT2D eigenvalue weighted by Gasteiger charge is -2.10. The minimum atomic E-state index is -0.514. The van der Waals surface area contributed by atoms with Gasteiger partial charge in [-0.05, 0) is 36.6 Å². The van der Waals surface area contributed by atoms with Crippen molar-refractivity contribution in [1.82, 2.24) is 10.6 Å². The van der Waals surface area contributed by atoms with Gasteiger partial charge in [-0.2, -0.15) is 0 Å². The van der Waals surface area contributed by atoms with Gasteiger partial charge in [-0.1, -0.05) is 25.4 Å². The highest BCUT2D eigenvalue weighted by atomic mass is 35.5. The predicted molar refractivity (Wildman–Crippen MR) is 78.1 cm³/mol. The molecule has 0 saturated carbocycles. The smallest absolute Gasteiger partial charge is 0.321 e. The molecule has 0 aromatic heterocycles. The van der Waals surface area contributed by atoms with Crippen LogP contribution in [0.4, 0.5) is 4.79 Å². The highest BCUT2D eigenvalue weighted by Gasteiger charge is 2.09. The monoisotopic (exact) mass is 298 g/mol. The number of amides is 3. The second-order valence-corrected chi connectivity index (χ2v) is 5.29. The molecule has 0 aliphatic carbocycles. The lowest BCUT2D eigenvalue weighted by Crippen LogP contribution is -2.42. The third kappa shape index (κ3) is 5.93. The summed E-state index contributed by atoms with van der Waals surface area (Å²) in [6.07, 6.45) is 0. The summed E-state index contributed by atoms with van der Waals surface area (Å²) in [5.74, 6) is 0.386. The molecule has 2 N–H and O–H groups in total. The van der Waals surface area contributed by atoms with Gasteiger partial charge in [0.1, 0.15) is 5.75 Å². The summed E-state index contributed by atoms with van der Waals surface area (Å²) in [7, 11) is 0. The van der Waals surface area contributed by atoms with E-state index < -0.39 is 11.9 Å². The zero-order valence-electron chi connectivity index (χ0n) is 11.8. The highest BCUT2D eigenvalue weighted by Crippen LogP contribution is 2.21. The lowest BCUT2D eigenvalue weighted by molar-refractivity contribution is -0.122. The van der Waals surface area contributed by atoms with Gasteiger partial charge in [-0.15, -0.1) is 0 Å². The predicted octanol–water partition coefficient (Wildman–Crippen LogP) is 2.51. The molecule has 1 aromatic carbocycles. The summed E-state index contributed by atoms with van der Waals surface area (Å²) in [4.78, 5) is 22.9. The second kappa shape index (κ2) is 7.75. The number of ether oxygens (including phenoxy) is 1. The molecule has 6 heteroatoms. The van der Waals surface area contributed by atoms with Gasteiger partial charge in [0.05, 0.1) is 0 Å². The van der Waals surface area contributed by atoms with Crippen LogP contribution in [0.1, 0.15) is 19.4 Å². The molecule has 3 amide bonds. The van der Waals surface area contributed by atoms with E-state index >= 15 is 0 Å². The Kier molecular flexibility index (Phi) is 6.31. The van der Waals surface area contributed by atoms with Gasteiger partial charge in [-0.3, -0.25) is 10.1 Å². The van der Waals surface area contributed by atoms with Gasteiger partial charge in [0.2, 0.25) is 0 Å². The largest absolute Gasteiger partial charge is 0.483 e. The molecule has 0 atom stereocenters. The Bertz CT molecular complexity index is 489. The van der Waals surface area contributed by atoms with Crippen molar-refractivity contribution in [3.63, 3.8) is 0 Å². The van der Waals surface area contributed by atoms with Gasteiger partial charge in [-0.25, -0.2) is 4.79 Å². The summed E-state index contributed by atoms with van der Waals surface area (Å²) < 4.78 is 5.33. The first-order valence-corrected chi connectivity index (χ1v) is 6.73. The standard InChI is InChI=1S/C14H19ClN2O3/c1-9(2)7-16-14(19)17-13(18)8-20-12-5-4-11(15)6-10(12)3/h4-6,9H,7-8H2,1-3H3,(H2,16,17,18,19). The normalized spacial score (nSPS) is 10.2. The number of carbonyl (C=O) groups excluding carboxylic acids is 2. The van der Waals surface area contributed by atoms with Crippen molar-refractivity contribution in [2.45, 2.75) is 20.8 Å². The Morgan fingerprint density at radius 2 is 2.05 bits per heavy atom. The van der Waals surface area contributed by atoms with Gasteiger partial charge in [0.25, 0.3) is 5.91 Å². The summed E-state index contributed by atoms with van der Waals surface area (Å²) >= 11 is 5.82. The Hall–Kier alpha value is -1.75. The average Bonchev–Trinajstić information content (AvgIpc) is 2.35. The molecule has 0 fully saturated rings. The van der Waals surface area contributed by atoms with Gasteiger partial charge >= 0.3 is 6.03 Å². The van der Waals surface area contributed by atoms with Crippen LogP contribution in [0, 0.1) is 12.8 Å². The topological polar surface area (TPSA) is 67.4 Å². The summed E-state index contributed by atoms with van der Waals surface area (Å²) in [6.45, 7) is 6.05. The zero-order valence-corrected chi connectivity index (χ0v) is 12.6. The molecule has 110 valence electrons. The van der Waals surface area contributed by atoms with Crippen LogP contribution in [0.5, 0.6) is 5.75 Å². The number of nitrogens with one attached hydrogen (secondary N) is 2. The quantitative estimate of drug-likeness (QED) is 0.877. The first-order chi connectivity index (χ1) is 9.38. The molecule has 0 heterocycles. The van der Waals surface area contributed by atoms with Crippen molar-refractivity contribution in [1.29, 1.82) is 0 Å². The van der Waals surface area contributed by atoms with Crippen LogP contribution in [-0.4, -0.2) is 25.1 Å². The van der Waals surface area contributed by atoms with Gasteiger partial charge in [0, 0.05) is 11.6 Å². The Balaban J connectivity index is 2.38. The maximum absolute atomic E-state index is 11.5. The third-order valence-electron chi connectivity index (χ3n) is 2.42. The minimum absolute atomic E-state index is 0.225. The number of rotatable bonds is 5. The van der Waals surface area contributed by atoms with E-state index in [1.165, 1.54) is 0 Å². The molecular formula is C14H19ClN2O3. The van der Waals surface area contributed by atoms with Crippen molar-refractivity contribution >= 4 is 23.5 Å². The highest BCUT2D eigenvalue weighted by molar-refractivity contribution is 6.30. The Labute approximate surface area is 123 Å². The van der Waals surface area contributed by atoms with Crippen LogP contribution in [0.3, 0.4) is 0 Å². The number of imide groups is 1. The number of hydrogen-bond donors (Lipinski definition) is 2. The van der Waals surface area contributed by atoms with E-state index in [0.717, 1.165) is 5.56 Å². The minimum Gasteiger partial charge on any atom is -0.483 e. The molecule has 0 bridgehead atoms. The van der Waals surface area contributed by atoms with E-state index in [1.807, 2.05) is 20.8 Å². The second-order valence-electron chi connectivity index (χ2n) is 4.85. The van der Waals surface area contributed by atoms with Crippen molar-refractivity contribution < 1.29 is 14.3 Å². The first-order valence-electron chi connectivity index (χ1n) is 6.35. The van der Waals surface area contributed by atoms with Crippen LogP contribution < -0.4 is 15.4 Å². The van der Waals surface area contributed by atoms with E-state index in [1.54, 1.807) is 18.2 Å². The Morgan fingerprint density at radius 3 is 2.65 bits per heavy atom. The fraction of sp³-hybridized carbons (Fsp3) is 0.429. The molecule has 0 aliphatic rings.